The molecule has 0 saturated heterocycles. The SMILES string of the molecule is CCCn1ncc(Cl)c1C(CSC(C)C)NN. The number of hydrogen-bond acceptors (Lipinski definition) is 4. The number of hydrogen-bond donors (Lipinski definition) is 2. The summed E-state index contributed by atoms with van der Waals surface area (Å²) in [6.07, 6.45) is 2.72. The van der Waals surface area contributed by atoms with Crippen molar-refractivity contribution in [3.05, 3.63) is 16.9 Å². The van der Waals surface area contributed by atoms with Gasteiger partial charge in [-0.05, 0) is 11.7 Å². The van der Waals surface area contributed by atoms with Crippen molar-refractivity contribution in [1.82, 2.24) is 15.2 Å². The summed E-state index contributed by atoms with van der Waals surface area (Å²) in [4.78, 5) is 0. The molecule has 17 heavy (non-hydrogen) atoms. The maximum atomic E-state index is 6.18. The molecule has 1 aromatic heterocycles. The van der Waals surface area contributed by atoms with E-state index in [1.807, 2.05) is 16.4 Å². The summed E-state index contributed by atoms with van der Waals surface area (Å²) in [7, 11) is 0. The van der Waals surface area contributed by atoms with Gasteiger partial charge >= 0.3 is 0 Å². The molecule has 0 saturated carbocycles. The molecule has 0 radical (unpaired) electrons. The molecular weight excluding hydrogens is 256 g/mol. The van der Waals surface area contributed by atoms with Crippen molar-refractivity contribution in [2.75, 3.05) is 5.75 Å². The summed E-state index contributed by atoms with van der Waals surface area (Å²) in [5, 5.41) is 5.54. The van der Waals surface area contributed by atoms with Gasteiger partial charge in [0.1, 0.15) is 0 Å². The third kappa shape index (κ3) is 4.17. The molecular formula is C11H21ClN4S. The molecule has 1 rings (SSSR count). The van der Waals surface area contributed by atoms with Crippen molar-refractivity contribution in [1.29, 1.82) is 0 Å². The molecule has 0 bridgehead atoms. The fourth-order valence-corrected chi connectivity index (χ4v) is 2.71. The lowest BCUT2D eigenvalue weighted by atomic mass is 10.2. The van der Waals surface area contributed by atoms with Gasteiger partial charge in [0.25, 0.3) is 0 Å². The van der Waals surface area contributed by atoms with E-state index in [1.54, 1.807) is 6.20 Å². The third-order valence-electron chi connectivity index (χ3n) is 2.40. The molecule has 3 N–H and O–H groups in total. The van der Waals surface area contributed by atoms with Crippen LogP contribution >= 0.6 is 23.4 Å². The molecule has 0 aliphatic carbocycles. The van der Waals surface area contributed by atoms with Crippen LogP contribution in [0.2, 0.25) is 5.02 Å². The average Bonchev–Trinajstić information content (AvgIpc) is 2.63. The minimum absolute atomic E-state index is 0.0453. The summed E-state index contributed by atoms with van der Waals surface area (Å²) in [6, 6.07) is 0.0453. The molecule has 6 heteroatoms. The highest BCUT2D eigenvalue weighted by Crippen LogP contribution is 2.26. The predicted molar refractivity (Wildman–Crippen MR) is 75.2 cm³/mol. The molecule has 0 spiro atoms. The summed E-state index contributed by atoms with van der Waals surface area (Å²) in [6.45, 7) is 7.33. The Hall–Kier alpha value is -0.230. The summed E-state index contributed by atoms with van der Waals surface area (Å²) in [5.74, 6) is 6.51. The zero-order chi connectivity index (χ0) is 12.8. The molecule has 0 aliphatic rings. The second-order valence-electron chi connectivity index (χ2n) is 4.20. The zero-order valence-corrected chi connectivity index (χ0v) is 12.2. The van der Waals surface area contributed by atoms with Gasteiger partial charge in [0, 0.05) is 12.3 Å². The molecule has 1 atom stereocenters. The first-order valence-corrected chi connectivity index (χ1v) is 7.31. The number of hydrazine groups is 1. The Labute approximate surface area is 112 Å². The maximum absolute atomic E-state index is 6.18. The van der Waals surface area contributed by atoms with Crippen LogP contribution < -0.4 is 11.3 Å². The van der Waals surface area contributed by atoms with Gasteiger partial charge in [0.05, 0.1) is 23.0 Å². The van der Waals surface area contributed by atoms with Crippen molar-refractivity contribution in [3.8, 4) is 0 Å². The highest BCUT2D eigenvalue weighted by Gasteiger charge is 2.19. The Morgan fingerprint density at radius 3 is 2.82 bits per heavy atom. The molecule has 1 unspecified atom stereocenters. The molecule has 0 fully saturated rings. The van der Waals surface area contributed by atoms with Crippen LogP contribution in [0.5, 0.6) is 0 Å². The zero-order valence-electron chi connectivity index (χ0n) is 10.6. The van der Waals surface area contributed by atoms with Gasteiger partial charge in [0.2, 0.25) is 0 Å². The van der Waals surface area contributed by atoms with Gasteiger partial charge in [-0.2, -0.15) is 16.9 Å². The quantitative estimate of drug-likeness (QED) is 0.594. The van der Waals surface area contributed by atoms with Crippen LogP contribution in [0.15, 0.2) is 6.20 Å². The van der Waals surface area contributed by atoms with Crippen LogP contribution in [0.1, 0.15) is 38.9 Å². The lowest BCUT2D eigenvalue weighted by molar-refractivity contribution is 0.508. The fourth-order valence-electron chi connectivity index (χ4n) is 1.60. The molecule has 0 aromatic carbocycles. The smallest absolute Gasteiger partial charge is 0.0834 e. The Morgan fingerprint density at radius 2 is 2.29 bits per heavy atom. The van der Waals surface area contributed by atoms with Crippen molar-refractivity contribution in [3.63, 3.8) is 0 Å². The Balaban J connectivity index is 2.82. The maximum Gasteiger partial charge on any atom is 0.0834 e. The first-order valence-electron chi connectivity index (χ1n) is 5.89. The van der Waals surface area contributed by atoms with E-state index in [9.17, 15) is 0 Å². The molecule has 1 heterocycles. The lowest BCUT2D eigenvalue weighted by Gasteiger charge is -2.19. The van der Waals surface area contributed by atoms with Crippen LogP contribution in [0.3, 0.4) is 0 Å². The normalized spacial score (nSPS) is 13.3. The second-order valence-corrected chi connectivity index (χ2v) is 6.22. The monoisotopic (exact) mass is 276 g/mol. The van der Waals surface area contributed by atoms with E-state index in [1.165, 1.54) is 0 Å². The fraction of sp³-hybridized carbons (Fsp3) is 0.727. The number of thioether (sulfide) groups is 1. The van der Waals surface area contributed by atoms with Crippen molar-refractivity contribution < 1.29 is 0 Å². The first kappa shape index (κ1) is 14.8. The topological polar surface area (TPSA) is 55.9 Å². The number of nitrogens with two attached hydrogens (primary N) is 1. The number of aromatic nitrogens is 2. The van der Waals surface area contributed by atoms with Gasteiger partial charge in [-0.3, -0.25) is 16.0 Å². The van der Waals surface area contributed by atoms with Crippen molar-refractivity contribution in [2.24, 2.45) is 5.84 Å². The van der Waals surface area contributed by atoms with Crippen LogP contribution in [0, 0.1) is 0 Å². The van der Waals surface area contributed by atoms with Crippen LogP contribution in [0.25, 0.3) is 0 Å². The van der Waals surface area contributed by atoms with Crippen LogP contribution in [-0.4, -0.2) is 20.8 Å². The van der Waals surface area contributed by atoms with Gasteiger partial charge in [-0.25, -0.2) is 0 Å². The number of halogens is 1. The van der Waals surface area contributed by atoms with Gasteiger partial charge < -0.3 is 0 Å². The highest BCUT2D eigenvalue weighted by atomic mass is 35.5. The third-order valence-corrected chi connectivity index (χ3v) is 3.88. The van der Waals surface area contributed by atoms with Gasteiger partial charge in [0.15, 0.2) is 0 Å². The predicted octanol–water partition coefficient (Wildman–Crippen LogP) is 2.59. The largest absolute Gasteiger partial charge is 0.271 e. The number of nitrogens with one attached hydrogen (secondary N) is 1. The average molecular weight is 277 g/mol. The van der Waals surface area contributed by atoms with E-state index in [-0.39, 0.29) is 6.04 Å². The van der Waals surface area contributed by atoms with Crippen LogP contribution in [-0.2, 0) is 6.54 Å². The number of rotatable bonds is 7. The van der Waals surface area contributed by atoms with E-state index in [4.69, 9.17) is 17.4 Å². The first-order chi connectivity index (χ1) is 8.10. The Morgan fingerprint density at radius 1 is 1.59 bits per heavy atom. The second kappa shape index (κ2) is 7.26. The summed E-state index contributed by atoms with van der Waals surface area (Å²) >= 11 is 8.04. The van der Waals surface area contributed by atoms with Gasteiger partial charge in [-0.1, -0.05) is 32.4 Å². The number of aryl methyl sites for hydroxylation is 1. The summed E-state index contributed by atoms with van der Waals surface area (Å²) < 4.78 is 1.94. The van der Waals surface area contributed by atoms with Crippen LogP contribution in [0.4, 0.5) is 0 Å². The van der Waals surface area contributed by atoms with E-state index < -0.39 is 0 Å². The molecule has 0 aliphatic heterocycles. The molecule has 0 amide bonds. The molecule has 1 aromatic rings. The van der Waals surface area contributed by atoms with E-state index in [0.29, 0.717) is 10.3 Å². The Kier molecular flexibility index (Phi) is 6.33. The standard InChI is InChI=1S/C11H21ClN4S/c1-4-5-16-11(9(12)6-14-16)10(15-13)7-17-8(2)3/h6,8,10,15H,4-5,7,13H2,1-3H3. The minimum atomic E-state index is 0.0453. The number of nitrogens with zero attached hydrogens (tertiary/aromatic N) is 2. The van der Waals surface area contributed by atoms with Crippen molar-refractivity contribution >= 4 is 23.4 Å². The molecule has 4 nitrogen and oxygen atoms in total. The highest BCUT2D eigenvalue weighted by molar-refractivity contribution is 7.99. The van der Waals surface area contributed by atoms with E-state index in [2.05, 4.69) is 31.3 Å². The van der Waals surface area contributed by atoms with Gasteiger partial charge in [-0.15, -0.1) is 0 Å². The van der Waals surface area contributed by atoms with E-state index >= 15 is 0 Å². The minimum Gasteiger partial charge on any atom is -0.271 e. The lowest BCUT2D eigenvalue weighted by Crippen LogP contribution is -2.32. The van der Waals surface area contributed by atoms with Crippen molar-refractivity contribution in [2.45, 2.75) is 45.0 Å². The molecule has 98 valence electrons. The Bertz CT molecular complexity index is 340. The van der Waals surface area contributed by atoms with E-state index in [0.717, 1.165) is 24.4 Å². The summed E-state index contributed by atoms with van der Waals surface area (Å²) in [5.41, 5.74) is 3.82.